The van der Waals surface area contributed by atoms with Crippen molar-refractivity contribution in [3.63, 3.8) is 0 Å². The van der Waals surface area contributed by atoms with Gasteiger partial charge in [-0.25, -0.2) is 0 Å². The molecule has 5 nitrogen and oxygen atoms in total. The van der Waals surface area contributed by atoms with E-state index in [0.717, 1.165) is 39.1 Å². The summed E-state index contributed by atoms with van der Waals surface area (Å²) >= 11 is 0. The van der Waals surface area contributed by atoms with Gasteiger partial charge in [0, 0.05) is 39.1 Å². The van der Waals surface area contributed by atoms with Crippen LogP contribution < -0.4 is 5.32 Å². The summed E-state index contributed by atoms with van der Waals surface area (Å²) in [4.78, 5) is 6.25. The maximum Gasteiger partial charge on any atom is 0.243 e. The highest BCUT2D eigenvalue weighted by molar-refractivity contribution is 4.77. The number of rotatable bonds is 3. The summed E-state index contributed by atoms with van der Waals surface area (Å²) in [5, 5.41) is 6.75. The summed E-state index contributed by atoms with van der Waals surface area (Å²) in [6.07, 6.45) is 3.25. The minimum absolute atomic E-state index is 0.679. The fraction of sp³-hybridized carbons (Fsp3) is 0.750. The third kappa shape index (κ3) is 2.50. The average molecular weight is 181 g/mol. The second kappa shape index (κ2) is 4.34. The van der Waals surface area contributed by atoms with Gasteiger partial charge >= 0.3 is 0 Å². The molecule has 1 aliphatic rings. The van der Waals surface area contributed by atoms with Gasteiger partial charge in [-0.05, 0) is 0 Å². The van der Waals surface area contributed by atoms with Gasteiger partial charge in [0.1, 0.15) is 0 Å². The molecule has 2 heterocycles. The van der Waals surface area contributed by atoms with Gasteiger partial charge < -0.3 is 14.7 Å². The number of piperazine rings is 1. The van der Waals surface area contributed by atoms with Gasteiger partial charge in [0.05, 0.1) is 0 Å². The second-order valence-electron chi connectivity index (χ2n) is 3.13. The smallest absolute Gasteiger partial charge is 0.243 e. The number of nitrogens with zero attached hydrogens (tertiary/aromatic N) is 3. The molecular weight excluding hydrogens is 168 g/mol. The summed E-state index contributed by atoms with van der Waals surface area (Å²) in [6, 6.07) is 0. The van der Waals surface area contributed by atoms with E-state index >= 15 is 0 Å². The van der Waals surface area contributed by atoms with Gasteiger partial charge in [-0.3, -0.25) is 0 Å². The van der Waals surface area contributed by atoms with Crippen LogP contribution in [0.25, 0.3) is 0 Å². The summed E-state index contributed by atoms with van der Waals surface area (Å²) in [7, 11) is 0. The van der Waals surface area contributed by atoms with Crippen LogP contribution in [0, 0.1) is 6.33 Å². The van der Waals surface area contributed by atoms with Gasteiger partial charge in [-0.15, -0.1) is 0 Å². The first-order chi connectivity index (χ1) is 6.45. The standard InChI is InChI=1S/C8H13N4O/c1(8-10-7-11-13-8)4-12-5-2-9-3-6-12/h9H,1-6H2. The van der Waals surface area contributed by atoms with E-state index in [4.69, 9.17) is 4.52 Å². The molecule has 1 aromatic heterocycles. The van der Waals surface area contributed by atoms with Gasteiger partial charge in [0.25, 0.3) is 0 Å². The zero-order chi connectivity index (χ0) is 8.93. The molecule has 1 aliphatic heterocycles. The Hall–Kier alpha value is -0.940. The van der Waals surface area contributed by atoms with Crippen molar-refractivity contribution in [1.29, 1.82) is 0 Å². The Morgan fingerprint density at radius 1 is 1.46 bits per heavy atom. The fourth-order valence-electron chi connectivity index (χ4n) is 1.46. The summed E-state index contributed by atoms with van der Waals surface area (Å²) in [6.45, 7) is 5.37. The van der Waals surface area contributed by atoms with Crippen molar-refractivity contribution < 1.29 is 4.52 Å². The molecule has 2 rings (SSSR count). The number of aromatic nitrogens is 2. The lowest BCUT2D eigenvalue weighted by Gasteiger charge is -2.26. The lowest BCUT2D eigenvalue weighted by molar-refractivity contribution is 0.234. The molecule has 5 heteroatoms. The normalized spacial score (nSPS) is 19.1. The molecular formula is C8H13N4O. The van der Waals surface area contributed by atoms with Crippen LogP contribution in [-0.4, -0.2) is 47.8 Å². The molecule has 0 bridgehead atoms. The van der Waals surface area contributed by atoms with Crippen molar-refractivity contribution in [2.24, 2.45) is 0 Å². The Morgan fingerprint density at radius 3 is 3.00 bits per heavy atom. The van der Waals surface area contributed by atoms with Gasteiger partial charge in [-0.1, -0.05) is 5.16 Å². The monoisotopic (exact) mass is 181 g/mol. The highest BCUT2D eigenvalue weighted by atomic mass is 16.5. The molecule has 0 saturated carbocycles. The molecule has 0 aromatic carbocycles. The van der Waals surface area contributed by atoms with Crippen LogP contribution in [0.1, 0.15) is 5.89 Å². The summed E-state index contributed by atoms with van der Waals surface area (Å²) in [5.74, 6) is 0.679. The first kappa shape index (κ1) is 8.65. The van der Waals surface area contributed by atoms with Crippen LogP contribution in [0.15, 0.2) is 4.52 Å². The second-order valence-corrected chi connectivity index (χ2v) is 3.13. The Bertz CT molecular complexity index is 230. The predicted molar refractivity (Wildman–Crippen MR) is 46.1 cm³/mol. The SMILES string of the molecule is [c]1noc(CCN2CCNCC2)n1. The van der Waals surface area contributed by atoms with E-state index in [2.05, 4.69) is 26.7 Å². The Labute approximate surface area is 77.1 Å². The molecule has 13 heavy (non-hydrogen) atoms. The van der Waals surface area contributed by atoms with Crippen molar-refractivity contribution in [3.05, 3.63) is 12.2 Å². The maximum absolute atomic E-state index is 4.87. The van der Waals surface area contributed by atoms with Crippen molar-refractivity contribution in [2.45, 2.75) is 6.42 Å². The van der Waals surface area contributed by atoms with E-state index in [1.165, 1.54) is 0 Å². The van der Waals surface area contributed by atoms with Crippen molar-refractivity contribution in [2.75, 3.05) is 32.7 Å². The number of hydrogen-bond acceptors (Lipinski definition) is 5. The molecule has 1 N–H and O–H groups in total. The molecule has 0 aliphatic carbocycles. The van der Waals surface area contributed by atoms with Crippen LogP contribution in [0.5, 0.6) is 0 Å². The minimum Gasteiger partial charge on any atom is -0.339 e. The van der Waals surface area contributed by atoms with Crippen LogP contribution in [0.2, 0.25) is 0 Å². The largest absolute Gasteiger partial charge is 0.339 e. The van der Waals surface area contributed by atoms with Crippen LogP contribution >= 0.6 is 0 Å². The average Bonchev–Trinajstić information content (AvgIpc) is 2.69. The van der Waals surface area contributed by atoms with Gasteiger partial charge in [-0.2, -0.15) is 4.98 Å². The van der Waals surface area contributed by atoms with E-state index < -0.39 is 0 Å². The molecule has 0 spiro atoms. The Kier molecular flexibility index (Phi) is 2.89. The van der Waals surface area contributed by atoms with E-state index in [-0.39, 0.29) is 0 Å². The molecule has 1 fully saturated rings. The number of nitrogens with one attached hydrogen (secondary N) is 1. The molecule has 1 radical (unpaired) electrons. The van der Waals surface area contributed by atoms with Gasteiger partial charge in [0.2, 0.25) is 12.2 Å². The maximum atomic E-state index is 4.87. The zero-order valence-corrected chi connectivity index (χ0v) is 7.49. The Morgan fingerprint density at radius 2 is 2.31 bits per heavy atom. The molecule has 0 unspecified atom stereocenters. The highest BCUT2D eigenvalue weighted by Gasteiger charge is 2.10. The van der Waals surface area contributed by atoms with Crippen molar-refractivity contribution >= 4 is 0 Å². The van der Waals surface area contributed by atoms with Gasteiger partial charge in [0.15, 0.2) is 0 Å². The lowest BCUT2D eigenvalue weighted by atomic mass is 10.3. The predicted octanol–water partition coefficient (Wildman–Crippen LogP) is -0.683. The molecule has 0 atom stereocenters. The van der Waals surface area contributed by atoms with E-state index in [1.807, 2.05) is 0 Å². The Balaban J connectivity index is 1.72. The summed E-state index contributed by atoms with van der Waals surface area (Å²) in [5.41, 5.74) is 0. The minimum atomic E-state index is 0.679. The lowest BCUT2D eigenvalue weighted by Crippen LogP contribution is -2.44. The molecule has 0 amide bonds. The first-order valence-corrected chi connectivity index (χ1v) is 4.57. The van der Waals surface area contributed by atoms with Crippen molar-refractivity contribution in [3.8, 4) is 0 Å². The topological polar surface area (TPSA) is 54.2 Å². The highest BCUT2D eigenvalue weighted by Crippen LogP contribution is 1.97. The van der Waals surface area contributed by atoms with Crippen LogP contribution in [0.3, 0.4) is 0 Å². The van der Waals surface area contributed by atoms with E-state index in [1.54, 1.807) is 0 Å². The third-order valence-electron chi connectivity index (χ3n) is 2.22. The van der Waals surface area contributed by atoms with Crippen LogP contribution in [0.4, 0.5) is 0 Å². The zero-order valence-electron chi connectivity index (χ0n) is 7.49. The fourth-order valence-corrected chi connectivity index (χ4v) is 1.46. The van der Waals surface area contributed by atoms with E-state index in [9.17, 15) is 0 Å². The quantitative estimate of drug-likeness (QED) is 0.669. The van der Waals surface area contributed by atoms with Crippen molar-refractivity contribution in [1.82, 2.24) is 20.4 Å². The third-order valence-corrected chi connectivity index (χ3v) is 2.22. The first-order valence-electron chi connectivity index (χ1n) is 4.57. The number of hydrogen-bond donors (Lipinski definition) is 1. The molecule has 1 aromatic rings. The van der Waals surface area contributed by atoms with Crippen LogP contribution in [-0.2, 0) is 6.42 Å². The molecule has 1 saturated heterocycles. The van der Waals surface area contributed by atoms with E-state index in [0.29, 0.717) is 5.89 Å². The summed E-state index contributed by atoms with van der Waals surface area (Å²) < 4.78 is 4.87. The molecule has 71 valence electrons.